The molecule has 1 fully saturated rings. The molecule has 30 heavy (non-hydrogen) atoms. The van der Waals surface area contributed by atoms with Crippen molar-refractivity contribution >= 4 is 11.6 Å². The summed E-state index contributed by atoms with van der Waals surface area (Å²) in [5.41, 5.74) is 8.10. The van der Waals surface area contributed by atoms with Crippen molar-refractivity contribution in [1.82, 2.24) is 4.90 Å². The van der Waals surface area contributed by atoms with Crippen molar-refractivity contribution in [1.29, 1.82) is 0 Å². The molecule has 1 unspecified atom stereocenters. The summed E-state index contributed by atoms with van der Waals surface area (Å²) in [5, 5.41) is 3.13. The number of guanidine groups is 1. The molecule has 1 aliphatic heterocycles. The van der Waals surface area contributed by atoms with E-state index in [1.807, 2.05) is 42.5 Å². The lowest BCUT2D eigenvalue weighted by molar-refractivity contribution is 0.0179. The third-order valence-corrected chi connectivity index (χ3v) is 5.08. The van der Waals surface area contributed by atoms with Crippen molar-refractivity contribution < 1.29 is 18.9 Å². The second-order valence-corrected chi connectivity index (χ2v) is 6.86. The molecule has 0 aliphatic carbocycles. The predicted octanol–water partition coefficient (Wildman–Crippen LogP) is 2.51. The van der Waals surface area contributed by atoms with E-state index in [9.17, 15) is 0 Å². The van der Waals surface area contributed by atoms with E-state index in [-0.39, 0.29) is 6.04 Å². The lowest BCUT2D eigenvalue weighted by Crippen LogP contribution is -2.40. The number of rotatable bonds is 8. The standard InChI is InChI=1S/C22H30N4O4/c1-27-18-7-5-17(6-8-18)25-22(23)24-15-19(26-10-12-30-13-11-26)16-4-9-20(28-2)21(14-16)29-3/h4-9,14,19H,10-13,15H2,1-3H3,(H3,23,24,25). The van der Waals surface area contributed by atoms with Crippen LogP contribution in [0.1, 0.15) is 11.6 Å². The van der Waals surface area contributed by atoms with E-state index in [1.165, 1.54) is 0 Å². The van der Waals surface area contributed by atoms with Gasteiger partial charge in [-0.05, 0) is 42.0 Å². The van der Waals surface area contributed by atoms with Gasteiger partial charge in [-0.15, -0.1) is 0 Å². The second-order valence-electron chi connectivity index (χ2n) is 6.86. The number of benzene rings is 2. The van der Waals surface area contributed by atoms with Crippen LogP contribution in [-0.4, -0.2) is 65.0 Å². The van der Waals surface area contributed by atoms with Gasteiger partial charge in [-0.1, -0.05) is 6.07 Å². The molecule has 1 saturated heterocycles. The van der Waals surface area contributed by atoms with Crippen LogP contribution in [-0.2, 0) is 4.74 Å². The van der Waals surface area contributed by atoms with E-state index in [1.54, 1.807) is 21.3 Å². The van der Waals surface area contributed by atoms with Crippen molar-refractivity contribution in [3.8, 4) is 17.2 Å². The molecule has 3 N–H and O–H groups in total. The molecule has 162 valence electrons. The number of nitrogens with one attached hydrogen (secondary N) is 1. The molecular weight excluding hydrogens is 384 g/mol. The zero-order valence-electron chi connectivity index (χ0n) is 17.8. The summed E-state index contributed by atoms with van der Waals surface area (Å²) >= 11 is 0. The maximum atomic E-state index is 6.15. The van der Waals surface area contributed by atoms with Crippen LogP contribution in [0.25, 0.3) is 0 Å². The van der Waals surface area contributed by atoms with Crippen molar-refractivity contribution in [3.63, 3.8) is 0 Å². The van der Waals surface area contributed by atoms with E-state index >= 15 is 0 Å². The third-order valence-electron chi connectivity index (χ3n) is 5.08. The Hall–Kier alpha value is -2.97. The smallest absolute Gasteiger partial charge is 0.193 e. The molecule has 1 heterocycles. The minimum absolute atomic E-state index is 0.0462. The van der Waals surface area contributed by atoms with Crippen molar-refractivity contribution in [2.75, 3.05) is 59.5 Å². The average molecular weight is 415 g/mol. The highest BCUT2D eigenvalue weighted by Gasteiger charge is 2.23. The minimum Gasteiger partial charge on any atom is -0.497 e. The van der Waals surface area contributed by atoms with E-state index in [4.69, 9.17) is 24.7 Å². The Kier molecular flexibility index (Phi) is 7.75. The van der Waals surface area contributed by atoms with Crippen LogP contribution in [0.3, 0.4) is 0 Å². The predicted molar refractivity (Wildman–Crippen MR) is 118 cm³/mol. The first kappa shape index (κ1) is 21.7. The molecular formula is C22H30N4O4. The lowest BCUT2D eigenvalue weighted by atomic mass is 10.0. The van der Waals surface area contributed by atoms with Crippen molar-refractivity contribution in [3.05, 3.63) is 48.0 Å². The van der Waals surface area contributed by atoms with Gasteiger partial charge in [-0.3, -0.25) is 9.89 Å². The molecule has 1 atom stereocenters. The van der Waals surface area contributed by atoms with Crippen LogP contribution in [0.4, 0.5) is 5.69 Å². The van der Waals surface area contributed by atoms with E-state index in [2.05, 4.69) is 15.2 Å². The summed E-state index contributed by atoms with van der Waals surface area (Å²) in [6.45, 7) is 3.57. The Morgan fingerprint density at radius 1 is 1.03 bits per heavy atom. The summed E-state index contributed by atoms with van der Waals surface area (Å²) in [6, 6.07) is 13.6. The number of ether oxygens (including phenoxy) is 4. The molecule has 2 aromatic rings. The second kappa shape index (κ2) is 10.7. The number of hydrogen-bond donors (Lipinski definition) is 2. The van der Waals surface area contributed by atoms with Gasteiger partial charge >= 0.3 is 0 Å². The van der Waals surface area contributed by atoms with Gasteiger partial charge in [0.1, 0.15) is 5.75 Å². The maximum absolute atomic E-state index is 6.15. The summed E-state index contributed by atoms with van der Waals surface area (Å²) in [6.07, 6.45) is 0. The Labute approximate surface area is 177 Å². The van der Waals surface area contributed by atoms with Crippen molar-refractivity contribution in [2.24, 2.45) is 10.7 Å². The van der Waals surface area contributed by atoms with Gasteiger partial charge in [0.05, 0.1) is 47.1 Å². The number of hydrogen-bond acceptors (Lipinski definition) is 6. The zero-order chi connectivity index (χ0) is 21.3. The number of nitrogens with two attached hydrogens (primary N) is 1. The molecule has 2 aromatic carbocycles. The molecule has 8 heteroatoms. The molecule has 0 bridgehead atoms. The van der Waals surface area contributed by atoms with Crippen LogP contribution in [0.2, 0.25) is 0 Å². The Morgan fingerprint density at radius 2 is 1.73 bits per heavy atom. The van der Waals surface area contributed by atoms with Crippen molar-refractivity contribution in [2.45, 2.75) is 6.04 Å². The van der Waals surface area contributed by atoms with Gasteiger partial charge in [-0.2, -0.15) is 0 Å². The maximum Gasteiger partial charge on any atom is 0.193 e. The quantitative estimate of drug-likeness (QED) is 0.507. The number of aliphatic imine (C=N–C) groups is 1. The van der Waals surface area contributed by atoms with Gasteiger partial charge < -0.3 is 30.0 Å². The molecule has 1 aliphatic rings. The first-order valence-electron chi connectivity index (χ1n) is 9.89. The van der Waals surface area contributed by atoms with E-state index in [0.717, 1.165) is 30.1 Å². The van der Waals surface area contributed by atoms with Gasteiger partial charge in [0, 0.05) is 18.8 Å². The Balaban J connectivity index is 1.77. The lowest BCUT2D eigenvalue weighted by Gasteiger charge is -2.34. The van der Waals surface area contributed by atoms with Crippen LogP contribution < -0.4 is 25.3 Å². The average Bonchev–Trinajstić information content (AvgIpc) is 2.80. The van der Waals surface area contributed by atoms with Gasteiger partial charge in [0.25, 0.3) is 0 Å². The fourth-order valence-electron chi connectivity index (χ4n) is 3.43. The van der Waals surface area contributed by atoms with Gasteiger partial charge in [0.2, 0.25) is 0 Å². The normalized spacial score (nSPS) is 16.0. The van der Waals surface area contributed by atoms with Crippen LogP contribution in [0.15, 0.2) is 47.5 Å². The summed E-state index contributed by atoms with van der Waals surface area (Å²) in [7, 11) is 4.91. The topological polar surface area (TPSA) is 90.6 Å². The molecule has 8 nitrogen and oxygen atoms in total. The van der Waals surface area contributed by atoms with Crippen LogP contribution in [0, 0.1) is 0 Å². The number of nitrogens with zero attached hydrogens (tertiary/aromatic N) is 2. The fourth-order valence-corrected chi connectivity index (χ4v) is 3.43. The first-order valence-corrected chi connectivity index (χ1v) is 9.89. The fraction of sp³-hybridized carbons (Fsp3) is 0.409. The largest absolute Gasteiger partial charge is 0.497 e. The highest BCUT2D eigenvalue weighted by Crippen LogP contribution is 2.32. The molecule has 0 aromatic heterocycles. The highest BCUT2D eigenvalue weighted by molar-refractivity contribution is 5.92. The third kappa shape index (κ3) is 5.55. The molecule has 0 amide bonds. The highest BCUT2D eigenvalue weighted by atomic mass is 16.5. The molecule has 0 spiro atoms. The first-order chi connectivity index (χ1) is 14.6. The number of methoxy groups -OCH3 is 3. The van der Waals surface area contributed by atoms with Gasteiger partial charge in [0.15, 0.2) is 17.5 Å². The minimum atomic E-state index is 0.0462. The molecule has 0 saturated carbocycles. The molecule has 0 radical (unpaired) electrons. The van der Waals surface area contributed by atoms with Crippen LogP contribution in [0.5, 0.6) is 17.2 Å². The van der Waals surface area contributed by atoms with E-state index in [0.29, 0.717) is 37.2 Å². The van der Waals surface area contributed by atoms with E-state index < -0.39 is 0 Å². The Bertz CT molecular complexity index is 836. The van der Waals surface area contributed by atoms with Crippen LogP contribution >= 0.6 is 0 Å². The summed E-state index contributed by atoms with van der Waals surface area (Å²) in [5.74, 6) is 2.54. The molecule has 3 rings (SSSR count). The summed E-state index contributed by atoms with van der Waals surface area (Å²) < 4.78 is 21.6. The SMILES string of the molecule is COc1ccc(NC(N)=NCC(c2ccc(OC)c(OC)c2)N2CCOCC2)cc1. The summed E-state index contributed by atoms with van der Waals surface area (Å²) in [4.78, 5) is 6.97. The monoisotopic (exact) mass is 414 g/mol. The Morgan fingerprint density at radius 3 is 2.37 bits per heavy atom. The number of morpholine rings is 1. The zero-order valence-corrected chi connectivity index (χ0v) is 17.8. The number of anilines is 1. The van der Waals surface area contributed by atoms with Gasteiger partial charge in [-0.25, -0.2) is 0 Å².